The Balaban J connectivity index is 1.84. The molecule has 5 heteroatoms. The van der Waals surface area contributed by atoms with Crippen LogP contribution in [0.5, 0.6) is 0 Å². The van der Waals surface area contributed by atoms with Crippen molar-refractivity contribution < 1.29 is 19.0 Å². The van der Waals surface area contributed by atoms with Gasteiger partial charge < -0.3 is 19.1 Å². The van der Waals surface area contributed by atoms with Crippen LogP contribution in [0.2, 0.25) is 0 Å². The molecule has 0 radical (unpaired) electrons. The lowest BCUT2D eigenvalue weighted by molar-refractivity contribution is -0.139. The van der Waals surface area contributed by atoms with Gasteiger partial charge in [-0.15, -0.1) is 0 Å². The summed E-state index contributed by atoms with van der Waals surface area (Å²) >= 11 is 0. The fourth-order valence-corrected chi connectivity index (χ4v) is 2.68. The van der Waals surface area contributed by atoms with E-state index < -0.39 is 0 Å². The van der Waals surface area contributed by atoms with Crippen LogP contribution in [-0.2, 0) is 19.0 Å². The van der Waals surface area contributed by atoms with Gasteiger partial charge in [0.15, 0.2) is 0 Å². The second-order valence-electron chi connectivity index (χ2n) is 4.87. The SMILES string of the molecule is COCC(=O)N1CCC2(CC1)C[C@H](OC)CO2. The molecule has 2 heterocycles. The minimum atomic E-state index is -0.0511. The lowest BCUT2D eigenvalue weighted by atomic mass is 9.88. The Kier molecular flexibility index (Phi) is 4.01. The van der Waals surface area contributed by atoms with E-state index in [1.54, 1.807) is 14.2 Å². The summed E-state index contributed by atoms with van der Waals surface area (Å²) in [6.45, 7) is 2.38. The Morgan fingerprint density at radius 1 is 1.41 bits per heavy atom. The van der Waals surface area contributed by atoms with Gasteiger partial charge in [0.1, 0.15) is 6.61 Å². The Hall–Kier alpha value is -0.650. The quantitative estimate of drug-likeness (QED) is 0.721. The molecule has 17 heavy (non-hydrogen) atoms. The average Bonchev–Trinajstić information content (AvgIpc) is 2.74. The van der Waals surface area contributed by atoms with Gasteiger partial charge in [-0.05, 0) is 12.8 Å². The second-order valence-corrected chi connectivity index (χ2v) is 4.87. The van der Waals surface area contributed by atoms with Gasteiger partial charge in [-0.2, -0.15) is 0 Å². The first-order valence-corrected chi connectivity index (χ1v) is 6.12. The fourth-order valence-electron chi connectivity index (χ4n) is 2.68. The summed E-state index contributed by atoms with van der Waals surface area (Å²) in [5, 5.41) is 0. The van der Waals surface area contributed by atoms with Gasteiger partial charge in [0, 0.05) is 33.7 Å². The summed E-state index contributed by atoms with van der Waals surface area (Å²) in [5.41, 5.74) is -0.0511. The van der Waals surface area contributed by atoms with Crippen molar-refractivity contribution in [1.29, 1.82) is 0 Å². The second kappa shape index (κ2) is 5.33. The standard InChI is InChI=1S/C12H21NO4/c1-15-9-11(14)13-5-3-12(4-6-13)7-10(16-2)8-17-12/h10H,3-9H2,1-2H3/t10-/m0/s1. The number of ether oxygens (including phenoxy) is 3. The van der Waals surface area contributed by atoms with Crippen LogP contribution in [0, 0.1) is 0 Å². The van der Waals surface area contributed by atoms with Crippen LogP contribution >= 0.6 is 0 Å². The normalized spacial score (nSPS) is 27.6. The van der Waals surface area contributed by atoms with E-state index in [0.717, 1.165) is 32.4 Å². The topological polar surface area (TPSA) is 48.0 Å². The molecule has 2 rings (SSSR count). The number of amides is 1. The molecule has 0 aromatic rings. The molecule has 0 unspecified atom stereocenters. The summed E-state index contributed by atoms with van der Waals surface area (Å²) in [6, 6.07) is 0. The van der Waals surface area contributed by atoms with Crippen molar-refractivity contribution in [3.63, 3.8) is 0 Å². The highest BCUT2D eigenvalue weighted by Crippen LogP contribution is 2.36. The molecule has 2 saturated heterocycles. The molecule has 2 fully saturated rings. The number of carbonyl (C=O) groups excluding carboxylic acids is 1. The van der Waals surface area contributed by atoms with Gasteiger partial charge in [-0.3, -0.25) is 4.79 Å². The Morgan fingerprint density at radius 2 is 2.12 bits per heavy atom. The first-order chi connectivity index (χ1) is 8.19. The number of nitrogens with zero attached hydrogens (tertiary/aromatic N) is 1. The molecule has 0 N–H and O–H groups in total. The monoisotopic (exact) mass is 243 g/mol. The van der Waals surface area contributed by atoms with E-state index in [9.17, 15) is 4.79 Å². The molecule has 2 aliphatic heterocycles. The van der Waals surface area contributed by atoms with Crippen molar-refractivity contribution in [3.8, 4) is 0 Å². The van der Waals surface area contributed by atoms with Crippen LogP contribution in [0.25, 0.3) is 0 Å². The summed E-state index contributed by atoms with van der Waals surface area (Å²) in [6.07, 6.45) is 2.98. The van der Waals surface area contributed by atoms with Crippen LogP contribution in [-0.4, -0.2) is 63.0 Å². The first kappa shape index (κ1) is 12.8. The van der Waals surface area contributed by atoms with Crippen molar-refractivity contribution in [1.82, 2.24) is 4.90 Å². The molecular weight excluding hydrogens is 222 g/mol. The number of likely N-dealkylation sites (tertiary alicyclic amines) is 1. The molecule has 98 valence electrons. The van der Waals surface area contributed by atoms with E-state index >= 15 is 0 Å². The van der Waals surface area contributed by atoms with E-state index in [-0.39, 0.29) is 24.2 Å². The van der Waals surface area contributed by atoms with E-state index in [1.165, 1.54) is 0 Å². The maximum absolute atomic E-state index is 11.7. The lowest BCUT2D eigenvalue weighted by Gasteiger charge is -2.38. The molecule has 5 nitrogen and oxygen atoms in total. The van der Waals surface area contributed by atoms with Crippen LogP contribution < -0.4 is 0 Å². The molecule has 0 aromatic heterocycles. The minimum Gasteiger partial charge on any atom is -0.379 e. The molecule has 0 saturated carbocycles. The number of rotatable bonds is 3. The summed E-state index contributed by atoms with van der Waals surface area (Å²) in [7, 11) is 3.27. The molecular formula is C12H21NO4. The van der Waals surface area contributed by atoms with Gasteiger partial charge in [-0.1, -0.05) is 0 Å². The highest BCUT2D eigenvalue weighted by molar-refractivity contribution is 5.77. The highest BCUT2D eigenvalue weighted by atomic mass is 16.6. The first-order valence-electron chi connectivity index (χ1n) is 6.12. The zero-order chi connectivity index (χ0) is 12.3. The number of piperidine rings is 1. The zero-order valence-electron chi connectivity index (χ0n) is 10.6. The summed E-state index contributed by atoms with van der Waals surface area (Å²) in [4.78, 5) is 13.5. The van der Waals surface area contributed by atoms with E-state index in [2.05, 4.69) is 0 Å². The third-order valence-corrected chi connectivity index (χ3v) is 3.80. The maximum atomic E-state index is 11.7. The van der Waals surface area contributed by atoms with Gasteiger partial charge in [-0.25, -0.2) is 0 Å². The van der Waals surface area contributed by atoms with Gasteiger partial charge in [0.05, 0.1) is 18.3 Å². The molecule has 1 amide bonds. The van der Waals surface area contributed by atoms with Crippen molar-refractivity contribution in [2.45, 2.75) is 31.0 Å². The van der Waals surface area contributed by atoms with E-state index in [0.29, 0.717) is 6.61 Å². The molecule has 1 atom stereocenters. The molecule has 0 bridgehead atoms. The Bertz CT molecular complexity index is 274. The lowest BCUT2D eigenvalue weighted by Crippen LogP contribution is -2.47. The predicted molar refractivity (Wildman–Crippen MR) is 61.8 cm³/mol. The summed E-state index contributed by atoms with van der Waals surface area (Å²) in [5.74, 6) is 0.0728. The number of carbonyl (C=O) groups is 1. The van der Waals surface area contributed by atoms with Crippen LogP contribution in [0.1, 0.15) is 19.3 Å². The maximum Gasteiger partial charge on any atom is 0.248 e. The minimum absolute atomic E-state index is 0.0511. The van der Waals surface area contributed by atoms with Gasteiger partial charge >= 0.3 is 0 Å². The average molecular weight is 243 g/mol. The van der Waals surface area contributed by atoms with E-state index in [1.807, 2.05) is 4.90 Å². The van der Waals surface area contributed by atoms with Crippen molar-refractivity contribution >= 4 is 5.91 Å². The number of hydrogen-bond donors (Lipinski definition) is 0. The van der Waals surface area contributed by atoms with Crippen LogP contribution in [0.3, 0.4) is 0 Å². The molecule has 0 aliphatic carbocycles. The highest BCUT2D eigenvalue weighted by Gasteiger charge is 2.43. The predicted octanol–water partition coefficient (Wildman–Crippen LogP) is 0.429. The number of methoxy groups -OCH3 is 2. The van der Waals surface area contributed by atoms with E-state index in [4.69, 9.17) is 14.2 Å². The van der Waals surface area contributed by atoms with Gasteiger partial charge in [0.2, 0.25) is 5.91 Å². The van der Waals surface area contributed by atoms with Gasteiger partial charge in [0.25, 0.3) is 0 Å². The molecule has 1 spiro atoms. The van der Waals surface area contributed by atoms with Crippen molar-refractivity contribution in [3.05, 3.63) is 0 Å². The molecule has 0 aromatic carbocycles. The molecule has 2 aliphatic rings. The zero-order valence-corrected chi connectivity index (χ0v) is 10.6. The third kappa shape index (κ3) is 2.78. The van der Waals surface area contributed by atoms with Crippen LogP contribution in [0.15, 0.2) is 0 Å². The van der Waals surface area contributed by atoms with Crippen molar-refractivity contribution in [2.24, 2.45) is 0 Å². The fraction of sp³-hybridized carbons (Fsp3) is 0.917. The Morgan fingerprint density at radius 3 is 2.65 bits per heavy atom. The Labute approximate surface area is 102 Å². The van der Waals surface area contributed by atoms with Crippen molar-refractivity contribution in [2.75, 3.05) is 40.5 Å². The number of hydrogen-bond acceptors (Lipinski definition) is 4. The largest absolute Gasteiger partial charge is 0.379 e. The summed E-state index contributed by atoms with van der Waals surface area (Å²) < 4.78 is 16.1. The van der Waals surface area contributed by atoms with Crippen LogP contribution in [0.4, 0.5) is 0 Å². The third-order valence-electron chi connectivity index (χ3n) is 3.80. The smallest absolute Gasteiger partial charge is 0.248 e.